The molecule has 0 radical (unpaired) electrons. The summed E-state index contributed by atoms with van der Waals surface area (Å²) < 4.78 is 0. The van der Waals surface area contributed by atoms with Crippen LogP contribution in [-0.4, -0.2) is 10.8 Å². The van der Waals surface area contributed by atoms with Crippen LogP contribution in [0.5, 0.6) is 0 Å². The fourth-order valence-corrected chi connectivity index (χ4v) is 1.11. The fourth-order valence-electron chi connectivity index (χ4n) is 1.11. The Hall–Kier alpha value is -1.38. The SMILES string of the molecule is Nc1ccc(C(=O)C2CC2)nc1. The highest BCUT2D eigenvalue weighted by Gasteiger charge is 2.30. The van der Waals surface area contributed by atoms with Crippen molar-refractivity contribution in [1.29, 1.82) is 0 Å². The van der Waals surface area contributed by atoms with Crippen molar-refractivity contribution in [2.24, 2.45) is 5.92 Å². The average molecular weight is 162 g/mol. The highest BCUT2D eigenvalue weighted by molar-refractivity contribution is 5.97. The van der Waals surface area contributed by atoms with E-state index in [9.17, 15) is 4.79 Å². The van der Waals surface area contributed by atoms with Crippen LogP contribution in [0.4, 0.5) is 5.69 Å². The van der Waals surface area contributed by atoms with E-state index in [1.54, 1.807) is 12.1 Å². The van der Waals surface area contributed by atoms with E-state index < -0.39 is 0 Å². The zero-order valence-corrected chi connectivity index (χ0v) is 6.66. The summed E-state index contributed by atoms with van der Waals surface area (Å²) >= 11 is 0. The lowest BCUT2D eigenvalue weighted by atomic mass is 10.2. The molecule has 1 aliphatic rings. The van der Waals surface area contributed by atoms with Gasteiger partial charge in [0, 0.05) is 5.92 Å². The third kappa shape index (κ3) is 1.30. The topological polar surface area (TPSA) is 56.0 Å². The zero-order chi connectivity index (χ0) is 8.55. The first-order valence-electron chi connectivity index (χ1n) is 4.03. The summed E-state index contributed by atoms with van der Waals surface area (Å²) in [7, 11) is 0. The number of Topliss-reactive ketones (excluding diaryl/α,β-unsaturated/α-hetero) is 1. The van der Waals surface area contributed by atoms with E-state index in [-0.39, 0.29) is 11.7 Å². The summed E-state index contributed by atoms with van der Waals surface area (Å²) in [6.45, 7) is 0. The summed E-state index contributed by atoms with van der Waals surface area (Å²) in [5.74, 6) is 0.399. The van der Waals surface area contributed by atoms with Gasteiger partial charge >= 0.3 is 0 Å². The molecule has 0 saturated heterocycles. The summed E-state index contributed by atoms with van der Waals surface area (Å²) in [5, 5.41) is 0. The number of hydrogen-bond donors (Lipinski definition) is 1. The minimum absolute atomic E-state index is 0.162. The highest BCUT2D eigenvalue weighted by Crippen LogP contribution is 2.31. The minimum Gasteiger partial charge on any atom is -0.397 e. The first-order valence-corrected chi connectivity index (χ1v) is 4.03. The van der Waals surface area contributed by atoms with Crippen molar-refractivity contribution in [2.75, 3.05) is 5.73 Å². The van der Waals surface area contributed by atoms with Crippen LogP contribution in [0, 0.1) is 5.92 Å². The molecule has 1 aromatic rings. The maximum Gasteiger partial charge on any atom is 0.184 e. The van der Waals surface area contributed by atoms with E-state index in [0.717, 1.165) is 12.8 Å². The Bertz CT molecular complexity index is 301. The van der Waals surface area contributed by atoms with Crippen LogP contribution in [-0.2, 0) is 0 Å². The van der Waals surface area contributed by atoms with Crippen molar-refractivity contribution >= 4 is 11.5 Å². The molecule has 0 aromatic carbocycles. The molecular weight excluding hydrogens is 152 g/mol. The Morgan fingerprint density at radius 3 is 2.75 bits per heavy atom. The number of hydrogen-bond acceptors (Lipinski definition) is 3. The van der Waals surface area contributed by atoms with Crippen molar-refractivity contribution in [2.45, 2.75) is 12.8 Å². The number of carbonyl (C=O) groups is 1. The van der Waals surface area contributed by atoms with Gasteiger partial charge in [-0.05, 0) is 25.0 Å². The number of pyridine rings is 1. The molecular formula is C9H10N2O. The van der Waals surface area contributed by atoms with Crippen LogP contribution < -0.4 is 5.73 Å². The largest absolute Gasteiger partial charge is 0.397 e. The van der Waals surface area contributed by atoms with Gasteiger partial charge < -0.3 is 5.73 Å². The van der Waals surface area contributed by atoms with Crippen molar-refractivity contribution in [3.63, 3.8) is 0 Å². The van der Waals surface area contributed by atoms with Gasteiger partial charge in [0.15, 0.2) is 5.78 Å². The Morgan fingerprint density at radius 1 is 1.50 bits per heavy atom. The number of rotatable bonds is 2. The molecule has 0 unspecified atom stereocenters. The van der Waals surface area contributed by atoms with Crippen LogP contribution in [0.15, 0.2) is 18.3 Å². The Morgan fingerprint density at radius 2 is 2.25 bits per heavy atom. The lowest BCUT2D eigenvalue weighted by molar-refractivity contribution is 0.0963. The van der Waals surface area contributed by atoms with E-state index >= 15 is 0 Å². The summed E-state index contributed by atoms with van der Waals surface area (Å²) in [6, 6.07) is 3.40. The number of nitrogens with zero attached hydrogens (tertiary/aromatic N) is 1. The number of carbonyl (C=O) groups excluding carboxylic acids is 1. The second-order valence-corrected chi connectivity index (χ2v) is 3.12. The van der Waals surface area contributed by atoms with Crippen LogP contribution in [0.1, 0.15) is 23.3 Å². The molecule has 62 valence electrons. The van der Waals surface area contributed by atoms with E-state index in [2.05, 4.69) is 4.98 Å². The van der Waals surface area contributed by atoms with Gasteiger partial charge in [0.05, 0.1) is 11.9 Å². The number of ketones is 1. The van der Waals surface area contributed by atoms with Gasteiger partial charge in [0.1, 0.15) is 5.69 Å². The maximum atomic E-state index is 11.4. The van der Waals surface area contributed by atoms with Gasteiger partial charge in [-0.1, -0.05) is 0 Å². The van der Waals surface area contributed by atoms with Crippen LogP contribution >= 0.6 is 0 Å². The standard InChI is InChI=1S/C9H10N2O/c10-7-3-4-8(11-5-7)9(12)6-1-2-6/h3-6H,1-2,10H2. The van der Waals surface area contributed by atoms with Crippen LogP contribution in [0.25, 0.3) is 0 Å². The first-order chi connectivity index (χ1) is 5.77. The van der Waals surface area contributed by atoms with E-state index in [0.29, 0.717) is 11.4 Å². The van der Waals surface area contributed by atoms with Gasteiger partial charge in [-0.15, -0.1) is 0 Å². The summed E-state index contributed by atoms with van der Waals surface area (Å²) in [5.41, 5.74) is 6.59. The molecule has 2 rings (SSSR count). The van der Waals surface area contributed by atoms with Crippen LogP contribution in [0.2, 0.25) is 0 Å². The number of nitrogens with two attached hydrogens (primary N) is 1. The fraction of sp³-hybridized carbons (Fsp3) is 0.333. The lowest BCUT2D eigenvalue weighted by Gasteiger charge is -1.97. The molecule has 0 amide bonds. The predicted octanol–water partition coefficient (Wildman–Crippen LogP) is 1.26. The second-order valence-electron chi connectivity index (χ2n) is 3.12. The molecule has 0 bridgehead atoms. The molecule has 3 heteroatoms. The van der Waals surface area contributed by atoms with Gasteiger partial charge in [0.2, 0.25) is 0 Å². The second kappa shape index (κ2) is 2.59. The third-order valence-electron chi connectivity index (χ3n) is 1.99. The summed E-state index contributed by atoms with van der Waals surface area (Å²) in [4.78, 5) is 15.4. The van der Waals surface area contributed by atoms with E-state index in [1.165, 1.54) is 6.20 Å². The van der Waals surface area contributed by atoms with E-state index in [1.807, 2.05) is 0 Å². The van der Waals surface area contributed by atoms with Crippen molar-refractivity contribution in [1.82, 2.24) is 4.98 Å². The quantitative estimate of drug-likeness (QED) is 0.666. The van der Waals surface area contributed by atoms with Gasteiger partial charge in [0.25, 0.3) is 0 Å². The Balaban J connectivity index is 2.22. The molecule has 1 aromatic heterocycles. The van der Waals surface area contributed by atoms with E-state index in [4.69, 9.17) is 5.73 Å². The normalized spacial score (nSPS) is 16.0. The number of nitrogen functional groups attached to an aromatic ring is 1. The lowest BCUT2D eigenvalue weighted by Crippen LogP contribution is -2.04. The first kappa shape index (κ1) is 7.28. The third-order valence-corrected chi connectivity index (χ3v) is 1.99. The zero-order valence-electron chi connectivity index (χ0n) is 6.66. The van der Waals surface area contributed by atoms with Gasteiger partial charge in [-0.3, -0.25) is 9.78 Å². The van der Waals surface area contributed by atoms with Crippen molar-refractivity contribution < 1.29 is 4.79 Å². The Kier molecular flexibility index (Phi) is 1.57. The molecule has 1 saturated carbocycles. The van der Waals surface area contributed by atoms with Crippen molar-refractivity contribution in [3.05, 3.63) is 24.0 Å². The van der Waals surface area contributed by atoms with Gasteiger partial charge in [-0.2, -0.15) is 0 Å². The molecule has 3 nitrogen and oxygen atoms in total. The molecule has 2 N–H and O–H groups in total. The molecule has 0 atom stereocenters. The highest BCUT2D eigenvalue weighted by atomic mass is 16.1. The predicted molar refractivity (Wildman–Crippen MR) is 45.7 cm³/mol. The number of anilines is 1. The minimum atomic E-state index is 0.162. The molecule has 1 heterocycles. The molecule has 1 aliphatic carbocycles. The number of aromatic nitrogens is 1. The maximum absolute atomic E-state index is 11.4. The summed E-state index contributed by atoms with van der Waals surface area (Å²) in [6.07, 6.45) is 3.56. The monoisotopic (exact) mass is 162 g/mol. The molecule has 1 fully saturated rings. The molecule has 0 aliphatic heterocycles. The smallest absolute Gasteiger partial charge is 0.184 e. The van der Waals surface area contributed by atoms with Crippen molar-refractivity contribution in [3.8, 4) is 0 Å². The van der Waals surface area contributed by atoms with Gasteiger partial charge in [-0.25, -0.2) is 0 Å². The Labute approximate surface area is 70.6 Å². The molecule has 0 spiro atoms. The average Bonchev–Trinajstić information content (AvgIpc) is 2.87. The van der Waals surface area contributed by atoms with Crippen LogP contribution in [0.3, 0.4) is 0 Å². The molecule has 12 heavy (non-hydrogen) atoms.